The zero-order valence-electron chi connectivity index (χ0n) is 16.5. The molecule has 2 heterocycles. The number of pyridine rings is 1. The Morgan fingerprint density at radius 3 is 2.79 bits per heavy atom. The number of carboxylic acids is 1. The highest BCUT2D eigenvalue weighted by atomic mass is 16.4. The molecule has 0 atom stereocenters. The van der Waals surface area contributed by atoms with Crippen molar-refractivity contribution in [2.45, 2.75) is 57.0 Å². The molecule has 5 rings (SSSR count). The van der Waals surface area contributed by atoms with Crippen molar-refractivity contribution in [2.24, 2.45) is 5.92 Å². The van der Waals surface area contributed by atoms with E-state index in [0.717, 1.165) is 55.9 Å². The van der Waals surface area contributed by atoms with E-state index in [2.05, 4.69) is 15.2 Å². The Morgan fingerprint density at radius 2 is 2.07 bits per heavy atom. The first-order chi connectivity index (χ1) is 14.2. The van der Waals surface area contributed by atoms with Gasteiger partial charge < -0.3 is 10.4 Å². The molecular formula is C22H27N5O2. The molecule has 3 aliphatic carbocycles. The summed E-state index contributed by atoms with van der Waals surface area (Å²) in [4.78, 5) is 27.4. The largest absolute Gasteiger partial charge is 0.480 e. The van der Waals surface area contributed by atoms with Gasteiger partial charge in [-0.15, -0.1) is 0 Å². The molecular weight excluding hydrogens is 366 g/mol. The minimum Gasteiger partial charge on any atom is -0.480 e. The number of carboxylic acid groups (broad SMARTS) is 1. The van der Waals surface area contributed by atoms with Crippen LogP contribution in [0.15, 0.2) is 24.4 Å². The summed E-state index contributed by atoms with van der Waals surface area (Å²) in [6, 6.07) is 6.50. The summed E-state index contributed by atoms with van der Waals surface area (Å²) in [5.74, 6) is 1.61. The van der Waals surface area contributed by atoms with E-state index in [1.54, 1.807) is 6.20 Å². The first kappa shape index (κ1) is 18.5. The van der Waals surface area contributed by atoms with E-state index < -0.39 is 5.97 Å². The van der Waals surface area contributed by atoms with Gasteiger partial charge in [0.2, 0.25) is 0 Å². The van der Waals surface area contributed by atoms with Gasteiger partial charge in [-0.25, -0.2) is 9.97 Å². The van der Waals surface area contributed by atoms with Crippen LogP contribution in [0, 0.1) is 5.92 Å². The van der Waals surface area contributed by atoms with Crippen molar-refractivity contribution in [3.8, 4) is 11.5 Å². The number of aryl methyl sites for hydroxylation is 1. The molecule has 29 heavy (non-hydrogen) atoms. The van der Waals surface area contributed by atoms with Gasteiger partial charge in [-0.05, 0) is 63.0 Å². The van der Waals surface area contributed by atoms with Crippen LogP contribution in [0.2, 0.25) is 0 Å². The van der Waals surface area contributed by atoms with E-state index in [4.69, 9.17) is 9.97 Å². The average molecular weight is 393 g/mol. The normalized spacial score (nSPS) is 22.9. The fourth-order valence-electron chi connectivity index (χ4n) is 4.51. The SMILES string of the molecule is O=C(O)CN(CC1CC1)C1CC(Nc2nc(-c3ccccn3)nc3c2CCC3)C1. The maximum absolute atomic E-state index is 11.2. The zero-order valence-corrected chi connectivity index (χ0v) is 16.5. The Labute approximate surface area is 170 Å². The van der Waals surface area contributed by atoms with Gasteiger partial charge in [0.15, 0.2) is 5.82 Å². The number of nitrogens with zero attached hydrogens (tertiary/aromatic N) is 4. The van der Waals surface area contributed by atoms with Crippen LogP contribution in [-0.2, 0) is 17.6 Å². The van der Waals surface area contributed by atoms with Crippen molar-refractivity contribution in [1.29, 1.82) is 0 Å². The van der Waals surface area contributed by atoms with Gasteiger partial charge in [0, 0.05) is 36.1 Å². The van der Waals surface area contributed by atoms with E-state index in [1.807, 2.05) is 18.2 Å². The molecule has 2 aromatic rings. The molecule has 0 bridgehead atoms. The fraction of sp³-hybridized carbons (Fsp3) is 0.545. The van der Waals surface area contributed by atoms with Gasteiger partial charge in [0.1, 0.15) is 11.5 Å². The second-order valence-corrected chi connectivity index (χ2v) is 8.62. The van der Waals surface area contributed by atoms with Crippen LogP contribution in [0.25, 0.3) is 11.5 Å². The topological polar surface area (TPSA) is 91.2 Å². The monoisotopic (exact) mass is 393 g/mol. The van der Waals surface area contributed by atoms with Gasteiger partial charge in [-0.1, -0.05) is 6.07 Å². The molecule has 0 radical (unpaired) electrons. The highest BCUT2D eigenvalue weighted by Gasteiger charge is 2.37. The lowest BCUT2D eigenvalue weighted by atomic mass is 9.85. The third-order valence-electron chi connectivity index (χ3n) is 6.33. The third kappa shape index (κ3) is 4.10. The zero-order chi connectivity index (χ0) is 19.8. The van der Waals surface area contributed by atoms with Crippen LogP contribution >= 0.6 is 0 Å². The van der Waals surface area contributed by atoms with E-state index in [1.165, 1.54) is 18.4 Å². The summed E-state index contributed by atoms with van der Waals surface area (Å²) >= 11 is 0. The standard InChI is InChI=1S/C22H27N5O2/c28-20(29)13-27(12-14-7-8-14)16-10-15(11-16)24-21-17-4-3-6-18(17)25-22(26-21)19-5-1-2-9-23-19/h1-2,5,9,14-16H,3-4,6-8,10-13H2,(H,28,29)(H,24,25,26). The molecule has 0 spiro atoms. The van der Waals surface area contributed by atoms with Crippen molar-refractivity contribution < 1.29 is 9.90 Å². The van der Waals surface area contributed by atoms with E-state index in [-0.39, 0.29) is 6.54 Å². The van der Waals surface area contributed by atoms with Gasteiger partial charge in [-0.2, -0.15) is 0 Å². The van der Waals surface area contributed by atoms with Gasteiger partial charge in [-0.3, -0.25) is 14.7 Å². The molecule has 7 heteroatoms. The third-order valence-corrected chi connectivity index (χ3v) is 6.33. The molecule has 0 saturated heterocycles. The Bertz CT molecular complexity index is 894. The number of carbonyl (C=O) groups is 1. The number of aliphatic carboxylic acids is 1. The summed E-state index contributed by atoms with van der Waals surface area (Å²) < 4.78 is 0. The number of fused-ring (bicyclic) bond motifs is 1. The van der Waals surface area contributed by atoms with Crippen molar-refractivity contribution in [1.82, 2.24) is 19.9 Å². The minimum atomic E-state index is -0.726. The first-order valence-corrected chi connectivity index (χ1v) is 10.7. The van der Waals surface area contributed by atoms with Crippen molar-refractivity contribution in [2.75, 3.05) is 18.4 Å². The molecule has 2 aromatic heterocycles. The molecule has 7 nitrogen and oxygen atoms in total. The second-order valence-electron chi connectivity index (χ2n) is 8.62. The molecule has 0 aliphatic heterocycles. The predicted molar refractivity (Wildman–Crippen MR) is 110 cm³/mol. The van der Waals surface area contributed by atoms with Crippen molar-refractivity contribution >= 4 is 11.8 Å². The number of rotatable bonds is 8. The molecule has 0 aromatic carbocycles. The highest BCUT2D eigenvalue weighted by Crippen LogP contribution is 2.36. The van der Waals surface area contributed by atoms with E-state index >= 15 is 0 Å². The molecule has 2 fully saturated rings. The summed E-state index contributed by atoms with van der Waals surface area (Å²) in [5, 5.41) is 12.9. The number of nitrogens with one attached hydrogen (secondary N) is 1. The lowest BCUT2D eigenvalue weighted by Gasteiger charge is -2.43. The van der Waals surface area contributed by atoms with Gasteiger partial charge in [0.05, 0.1) is 6.54 Å². The Hall–Kier alpha value is -2.54. The maximum Gasteiger partial charge on any atom is 0.317 e. The van der Waals surface area contributed by atoms with Crippen LogP contribution < -0.4 is 5.32 Å². The van der Waals surface area contributed by atoms with E-state index in [9.17, 15) is 9.90 Å². The molecule has 2 N–H and O–H groups in total. The average Bonchev–Trinajstić information content (AvgIpc) is 3.36. The Morgan fingerprint density at radius 1 is 1.21 bits per heavy atom. The molecule has 3 aliphatic rings. The second kappa shape index (κ2) is 7.71. The maximum atomic E-state index is 11.2. The summed E-state index contributed by atoms with van der Waals surface area (Å²) in [6.07, 6.45) is 9.33. The lowest BCUT2D eigenvalue weighted by molar-refractivity contribution is -0.139. The Kier molecular flexibility index (Phi) is 4.91. The molecule has 0 amide bonds. The van der Waals surface area contributed by atoms with Gasteiger partial charge >= 0.3 is 5.97 Å². The van der Waals surface area contributed by atoms with E-state index in [0.29, 0.717) is 23.8 Å². The number of aromatic nitrogens is 3. The van der Waals surface area contributed by atoms with Crippen LogP contribution in [0.5, 0.6) is 0 Å². The number of hydrogen-bond donors (Lipinski definition) is 2. The van der Waals surface area contributed by atoms with Crippen molar-refractivity contribution in [3.63, 3.8) is 0 Å². The summed E-state index contributed by atoms with van der Waals surface area (Å²) in [6.45, 7) is 1.08. The molecule has 152 valence electrons. The van der Waals surface area contributed by atoms with Crippen LogP contribution in [0.4, 0.5) is 5.82 Å². The highest BCUT2D eigenvalue weighted by molar-refractivity contribution is 5.69. The predicted octanol–water partition coefficient (Wildman–Crippen LogP) is 2.77. The number of hydrogen-bond acceptors (Lipinski definition) is 6. The van der Waals surface area contributed by atoms with Crippen molar-refractivity contribution in [3.05, 3.63) is 35.7 Å². The Balaban J connectivity index is 1.29. The number of anilines is 1. The molecule has 2 saturated carbocycles. The lowest BCUT2D eigenvalue weighted by Crippen LogP contribution is -2.52. The smallest absolute Gasteiger partial charge is 0.317 e. The van der Waals surface area contributed by atoms with Crippen LogP contribution in [0.1, 0.15) is 43.4 Å². The minimum absolute atomic E-state index is 0.153. The summed E-state index contributed by atoms with van der Waals surface area (Å²) in [7, 11) is 0. The van der Waals surface area contributed by atoms with Gasteiger partial charge in [0.25, 0.3) is 0 Å². The molecule has 0 unspecified atom stereocenters. The van der Waals surface area contributed by atoms with Crippen LogP contribution in [-0.4, -0.2) is 56.1 Å². The first-order valence-electron chi connectivity index (χ1n) is 10.7. The fourth-order valence-corrected chi connectivity index (χ4v) is 4.51. The van der Waals surface area contributed by atoms with Crippen LogP contribution in [0.3, 0.4) is 0 Å². The summed E-state index contributed by atoms with van der Waals surface area (Å²) in [5.41, 5.74) is 3.18. The quantitative estimate of drug-likeness (QED) is 0.712.